The van der Waals surface area contributed by atoms with Crippen LogP contribution in [0.25, 0.3) is 0 Å². The Balaban J connectivity index is 2.31. The number of carbonyl (C=O) groups is 1. The van der Waals surface area contributed by atoms with Gasteiger partial charge in [0, 0.05) is 17.8 Å². The number of halogens is 2. The van der Waals surface area contributed by atoms with Crippen molar-refractivity contribution >= 4 is 23.0 Å². The zero-order chi connectivity index (χ0) is 15.6. The second-order valence-electron chi connectivity index (χ2n) is 4.11. The number of amides is 1. The summed E-state index contributed by atoms with van der Waals surface area (Å²) in [5.41, 5.74) is 4.56. The fourth-order valence-corrected chi connectivity index (χ4v) is 1.65. The molecule has 0 heterocycles. The van der Waals surface area contributed by atoms with Crippen molar-refractivity contribution in [2.24, 2.45) is 0 Å². The first kappa shape index (κ1) is 14.4. The molecule has 6 nitrogen and oxygen atoms in total. The van der Waals surface area contributed by atoms with E-state index in [-0.39, 0.29) is 22.6 Å². The second-order valence-corrected chi connectivity index (χ2v) is 4.11. The van der Waals surface area contributed by atoms with Gasteiger partial charge in [-0.05, 0) is 24.3 Å². The van der Waals surface area contributed by atoms with E-state index in [1.54, 1.807) is 0 Å². The average molecular weight is 293 g/mol. The number of carbonyl (C=O) groups excluding carboxylic acids is 1. The second kappa shape index (κ2) is 5.53. The number of non-ortho nitro benzene ring substituents is 1. The number of anilines is 2. The number of nitrogens with zero attached hydrogens (tertiary/aromatic N) is 1. The van der Waals surface area contributed by atoms with Crippen molar-refractivity contribution in [2.75, 3.05) is 11.1 Å². The van der Waals surface area contributed by atoms with Crippen LogP contribution in [0.4, 0.5) is 25.8 Å². The molecular weight excluding hydrogens is 284 g/mol. The molecule has 108 valence electrons. The molecule has 3 N–H and O–H groups in total. The standard InChI is InChI=1S/C13H9F2N3O3/c14-7-1-3-9(11(16)5-7)13(19)17-12-6-8(18(20)21)2-4-10(12)15/h1-6H,16H2,(H,17,19). The zero-order valence-electron chi connectivity index (χ0n) is 10.5. The SMILES string of the molecule is Nc1cc(F)ccc1C(=O)Nc1cc([N+](=O)[O-])ccc1F. The van der Waals surface area contributed by atoms with Gasteiger partial charge in [-0.25, -0.2) is 8.78 Å². The van der Waals surface area contributed by atoms with Gasteiger partial charge < -0.3 is 11.1 Å². The van der Waals surface area contributed by atoms with Crippen LogP contribution in [-0.4, -0.2) is 10.8 Å². The Hall–Kier alpha value is -3.03. The molecule has 2 rings (SSSR count). The fourth-order valence-electron chi connectivity index (χ4n) is 1.65. The van der Waals surface area contributed by atoms with Crippen molar-refractivity contribution in [3.63, 3.8) is 0 Å². The third kappa shape index (κ3) is 3.11. The Morgan fingerprint density at radius 1 is 1.19 bits per heavy atom. The Labute approximate surface area is 117 Å². The van der Waals surface area contributed by atoms with Crippen molar-refractivity contribution in [3.8, 4) is 0 Å². The van der Waals surface area contributed by atoms with Crippen LogP contribution in [0.3, 0.4) is 0 Å². The van der Waals surface area contributed by atoms with E-state index >= 15 is 0 Å². The lowest BCUT2D eigenvalue weighted by Crippen LogP contribution is -2.15. The summed E-state index contributed by atoms with van der Waals surface area (Å²) in [4.78, 5) is 21.8. The van der Waals surface area contributed by atoms with E-state index in [0.717, 1.165) is 36.4 Å². The third-order valence-corrected chi connectivity index (χ3v) is 2.67. The number of benzene rings is 2. The molecule has 0 aliphatic heterocycles. The molecule has 0 aromatic heterocycles. The first-order chi connectivity index (χ1) is 9.88. The first-order valence-corrected chi connectivity index (χ1v) is 5.69. The highest BCUT2D eigenvalue weighted by Crippen LogP contribution is 2.23. The van der Waals surface area contributed by atoms with Crippen LogP contribution in [-0.2, 0) is 0 Å². The molecule has 0 radical (unpaired) electrons. The summed E-state index contributed by atoms with van der Waals surface area (Å²) in [7, 11) is 0. The predicted octanol–water partition coefficient (Wildman–Crippen LogP) is 2.71. The number of hydrogen-bond acceptors (Lipinski definition) is 4. The lowest BCUT2D eigenvalue weighted by Gasteiger charge is -2.08. The summed E-state index contributed by atoms with van der Waals surface area (Å²) < 4.78 is 26.4. The van der Waals surface area contributed by atoms with E-state index in [1.165, 1.54) is 0 Å². The van der Waals surface area contributed by atoms with Crippen LogP contribution in [0.2, 0.25) is 0 Å². The third-order valence-electron chi connectivity index (χ3n) is 2.67. The summed E-state index contributed by atoms with van der Waals surface area (Å²) in [5.74, 6) is -2.26. The van der Waals surface area contributed by atoms with Crippen LogP contribution in [0, 0.1) is 21.7 Å². The maximum absolute atomic E-state index is 13.5. The Morgan fingerprint density at radius 3 is 2.52 bits per heavy atom. The molecule has 2 aromatic carbocycles. The van der Waals surface area contributed by atoms with E-state index in [1.807, 2.05) is 0 Å². The van der Waals surface area contributed by atoms with Crippen LogP contribution in [0.1, 0.15) is 10.4 Å². The zero-order valence-corrected chi connectivity index (χ0v) is 10.5. The van der Waals surface area contributed by atoms with Gasteiger partial charge in [0.2, 0.25) is 0 Å². The Kier molecular flexibility index (Phi) is 3.79. The molecule has 1 amide bonds. The molecule has 0 spiro atoms. The molecule has 0 atom stereocenters. The highest BCUT2D eigenvalue weighted by molar-refractivity contribution is 6.07. The highest BCUT2D eigenvalue weighted by Gasteiger charge is 2.16. The van der Waals surface area contributed by atoms with Crippen molar-refractivity contribution in [1.29, 1.82) is 0 Å². The molecule has 0 bridgehead atoms. The van der Waals surface area contributed by atoms with Crippen LogP contribution < -0.4 is 11.1 Å². The number of nitrogens with two attached hydrogens (primary N) is 1. The van der Waals surface area contributed by atoms with Gasteiger partial charge in [-0.1, -0.05) is 0 Å². The minimum Gasteiger partial charge on any atom is -0.398 e. The maximum Gasteiger partial charge on any atom is 0.271 e. The minimum atomic E-state index is -0.838. The molecule has 0 aliphatic rings. The Morgan fingerprint density at radius 2 is 1.90 bits per heavy atom. The van der Waals surface area contributed by atoms with Gasteiger partial charge in [-0.15, -0.1) is 0 Å². The van der Waals surface area contributed by atoms with Crippen molar-refractivity contribution < 1.29 is 18.5 Å². The quantitative estimate of drug-likeness (QED) is 0.516. The van der Waals surface area contributed by atoms with Gasteiger partial charge in [0.1, 0.15) is 11.6 Å². The van der Waals surface area contributed by atoms with Crippen molar-refractivity contribution in [3.05, 3.63) is 63.7 Å². The summed E-state index contributed by atoms with van der Waals surface area (Å²) in [6.45, 7) is 0. The van der Waals surface area contributed by atoms with Gasteiger partial charge >= 0.3 is 0 Å². The van der Waals surface area contributed by atoms with E-state index in [9.17, 15) is 23.7 Å². The lowest BCUT2D eigenvalue weighted by atomic mass is 10.1. The first-order valence-electron chi connectivity index (χ1n) is 5.69. The van der Waals surface area contributed by atoms with Gasteiger partial charge in [0.15, 0.2) is 0 Å². The summed E-state index contributed by atoms with van der Waals surface area (Å²) in [6, 6.07) is 5.81. The summed E-state index contributed by atoms with van der Waals surface area (Å²) in [5, 5.41) is 12.8. The maximum atomic E-state index is 13.5. The molecule has 21 heavy (non-hydrogen) atoms. The lowest BCUT2D eigenvalue weighted by molar-refractivity contribution is -0.384. The number of hydrogen-bond donors (Lipinski definition) is 2. The smallest absolute Gasteiger partial charge is 0.271 e. The fraction of sp³-hybridized carbons (Fsp3) is 0. The van der Waals surface area contributed by atoms with Gasteiger partial charge in [-0.2, -0.15) is 0 Å². The molecule has 0 saturated heterocycles. The van der Waals surface area contributed by atoms with E-state index in [0.29, 0.717) is 0 Å². The minimum absolute atomic E-state index is 0.0673. The number of nitro groups is 1. The topological polar surface area (TPSA) is 98.3 Å². The van der Waals surface area contributed by atoms with Crippen LogP contribution >= 0.6 is 0 Å². The number of rotatable bonds is 3. The van der Waals surface area contributed by atoms with E-state index in [4.69, 9.17) is 5.73 Å². The molecule has 8 heteroatoms. The van der Waals surface area contributed by atoms with Crippen LogP contribution in [0.5, 0.6) is 0 Å². The Bertz CT molecular complexity index is 735. The highest BCUT2D eigenvalue weighted by atomic mass is 19.1. The number of nitrogens with one attached hydrogen (secondary N) is 1. The van der Waals surface area contributed by atoms with Gasteiger partial charge in [-0.3, -0.25) is 14.9 Å². The molecule has 0 aliphatic carbocycles. The molecule has 0 fully saturated rings. The number of nitro benzene ring substituents is 1. The number of nitrogen functional groups attached to an aromatic ring is 1. The van der Waals surface area contributed by atoms with Crippen molar-refractivity contribution in [2.45, 2.75) is 0 Å². The monoisotopic (exact) mass is 293 g/mol. The van der Waals surface area contributed by atoms with Crippen molar-refractivity contribution in [1.82, 2.24) is 0 Å². The molecule has 2 aromatic rings. The average Bonchev–Trinajstić information content (AvgIpc) is 2.40. The van der Waals surface area contributed by atoms with Gasteiger partial charge in [0.05, 0.1) is 16.2 Å². The molecule has 0 unspecified atom stereocenters. The normalized spacial score (nSPS) is 10.2. The molecular formula is C13H9F2N3O3. The van der Waals surface area contributed by atoms with Crippen LogP contribution in [0.15, 0.2) is 36.4 Å². The van der Waals surface area contributed by atoms with E-state index in [2.05, 4.69) is 5.32 Å². The van der Waals surface area contributed by atoms with Gasteiger partial charge in [0.25, 0.3) is 11.6 Å². The van der Waals surface area contributed by atoms with E-state index < -0.39 is 22.5 Å². The largest absolute Gasteiger partial charge is 0.398 e. The molecule has 0 saturated carbocycles. The summed E-state index contributed by atoms with van der Waals surface area (Å²) >= 11 is 0. The summed E-state index contributed by atoms with van der Waals surface area (Å²) in [6.07, 6.45) is 0. The predicted molar refractivity (Wildman–Crippen MR) is 71.8 cm³/mol.